The Morgan fingerprint density at radius 3 is 2.09 bits per heavy atom. The van der Waals surface area contributed by atoms with Crippen molar-refractivity contribution in [2.45, 2.75) is 112 Å². The SMILES string of the molecule is C=C(C)[C@@H]1CC[C@]2(C(=O)O)CC[C@]3(C)[C@H](CC[C@@H]4[C@@]5(C)CCC(O)(O)C(C)(C)[C@@H]5CC[C@]43C)[C@@H]12. The molecule has 0 radical (unpaired) electrons. The standard InChI is InChI=1S/C30H48O4/c1-18(2)19-10-13-29(24(31)32)16-15-27(6)20(23(19)29)8-9-22-26(5)14-17-30(33,34)25(3,4)21(26)11-12-28(22,27)7/h19-23,33-34H,1,8-17H2,2-7H3,(H,31,32)/t19-,20+,21-,22+,23+,26-,27+,28+,29-/m0/s1. The number of allylic oxidation sites excluding steroid dienone is 1. The van der Waals surface area contributed by atoms with Crippen molar-refractivity contribution in [3.63, 3.8) is 0 Å². The zero-order chi connectivity index (χ0) is 25.1. The Labute approximate surface area is 206 Å². The lowest BCUT2D eigenvalue weighted by atomic mass is 9.32. The van der Waals surface area contributed by atoms with Gasteiger partial charge >= 0.3 is 5.97 Å². The van der Waals surface area contributed by atoms with Crippen molar-refractivity contribution >= 4 is 5.97 Å². The van der Waals surface area contributed by atoms with Crippen LogP contribution < -0.4 is 0 Å². The normalized spacial score (nSPS) is 53.1. The summed E-state index contributed by atoms with van der Waals surface area (Å²) in [4.78, 5) is 12.8. The summed E-state index contributed by atoms with van der Waals surface area (Å²) in [5, 5.41) is 32.3. The molecule has 4 nitrogen and oxygen atoms in total. The van der Waals surface area contributed by atoms with E-state index in [0.717, 1.165) is 57.8 Å². The first kappa shape index (κ1) is 24.8. The molecule has 0 heterocycles. The lowest BCUT2D eigenvalue weighted by Crippen LogP contribution is -2.68. The molecule has 0 unspecified atom stereocenters. The molecule has 9 atom stereocenters. The predicted octanol–water partition coefficient (Wildman–Crippen LogP) is 6.41. The summed E-state index contributed by atoms with van der Waals surface area (Å²) in [7, 11) is 0. The summed E-state index contributed by atoms with van der Waals surface area (Å²) in [6.07, 6.45) is 9.27. The Morgan fingerprint density at radius 2 is 1.47 bits per heavy atom. The number of carboxylic acid groups (broad SMARTS) is 1. The van der Waals surface area contributed by atoms with Crippen LogP contribution in [0.2, 0.25) is 0 Å². The van der Waals surface area contributed by atoms with Gasteiger partial charge in [0.1, 0.15) is 0 Å². The summed E-state index contributed by atoms with van der Waals surface area (Å²) in [6.45, 7) is 18.1. The van der Waals surface area contributed by atoms with Crippen LogP contribution in [0.5, 0.6) is 0 Å². The van der Waals surface area contributed by atoms with Crippen molar-refractivity contribution in [1.82, 2.24) is 0 Å². The molecule has 192 valence electrons. The lowest BCUT2D eigenvalue weighted by molar-refractivity contribution is -0.320. The van der Waals surface area contributed by atoms with Gasteiger partial charge in [0.05, 0.1) is 5.41 Å². The number of carbonyl (C=O) groups is 1. The van der Waals surface area contributed by atoms with Crippen LogP contribution >= 0.6 is 0 Å². The maximum absolute atomic E-state index is 12.8. The summed E-state index contributed by atoms with van der Waals surface area (Å²) < 4.78 is 0. The third-order valence-electron chi connectivity index (χ3n) is 13.7. The van der Waals surface area contributed by atoms with Gasteiger partial charge in [0.25, 0.3) is 0 Å². The number of hydrogen-bond acceptors (Lipinski definition) is 3. The van der Waals surface area contributed by atoms with Crippen LogP contribution in [0.25, 0.3) is 0 Å². The van der Waals surface area contributed by atoms with Crippen molar-refractivity contribution in [2.24, 2.45) is 56.7 Å². The van der Waals surface area contributed by atoms with E-state index in [2.05, 4.69) is 48.1 Å². The monoisotopic (exact) mass is 472 g/mol. The number of rotatable bonds is 2. The highest BCUT2D eigenvalue weighted by Gasteiger charge is 2.72. The van der Waals surface area contributed by atoms with E-state index in [1.165, 1.54) is 5.57 Å². The first-order chi connectivity index (χ1) is 15.6. The van der Waals surface area contributed by atoms with Gasteiger partial charge in [0, 0.05) is 11.8 Å². The summed E-state index contributed by atoms with van der Waals surface area (Å²) in [6, 6.07) is 0. The molecule has 5 aliphatic carbocycles. The van der Waals surface area contributed by atoms with Gasteiger partial charge in [-0.3, -0.25) is 4.79 Å². The average molecular weight is 473 g/mol. The first-order valence-electron chi connectivity index (χ1n) is 13.9. The van der Waals surface area contributed by atoms with E-state index < -0.39 is 22.6 Å². The molecule has 4 heteroatoms. The van der Waals surface area contributed by atoms with Crippen LogP contribution in [0.15, 0.2) is 12.2 Å². The van der Waals surface area contributed by atoms with Gasteiger partial charge in [-0.25, -0.2) is 0 Å². The highest BCUT2D eigenvalue weighted by atomic mass is 16.5. The van der Waals surface area contributed by atoms with Crippen LogP contribution in [0.3, 0.4) is 0 Å². The molecule has 0 aromatic carbocycles. The fraction of sp³-hybridized carbons (Fsp3) is 0.900. The van der Waals surface area contributed by atoms with Gasteiger partial charge in [-0.15, -0.1) is 0 Å². The third kappa shape index (κ3) is 2.71. The maximum Gasteiger partial charge on any atom is 0.309 e. The molecule has 0 saturated heterocycles. The van der Waals surface area contributed by atoms with Crippen LogP contribution in [0.1, 0.15) is 106 Å². The largest absolute Gasteiger partial charge is 0.481 e. The van der Waals surface area contributed by atoms with E-state index in [0.29, 0.717) is 30.1 Å². The van der Waals surface area contributed by atoms with Crippen LogP contribution in [0.4, 0.5) is 0 Å². The Hall–Kier alpha value is -0.870. The van der Waals surface area contributed by atoms with Crippen molar-refractivity contribution in [3.8, 4) is 0 Å². The lowest BCUT2D eigenvalue weighted by Gasteiger charge is -2.73. The number of aliphatic carboxylic acids is 1. The molecular formula is C30H48O4. The molecule has 0 aromatic rings. The van der Waals surface area contributed by atoms with Crippen molar-refractivity contribution < 1.29 is 20.1 Å². The molecule has 0 bridgehead atoms. The molecule has 5 fully saturated rings. The average Bonchev–Trinajstić information content (AvgIpc) is 3.13. The molecule has 5 aliphatic rings. The highest BCUT2D eigenvalue weighted by Crippen LogP contribution is 2.77. The van der Waals surface area contributed by atoms with Crippen LogP contribution in [-0.2, 0) is 4.79 Å². The molecule has 0 amide bonds. The minimum atomic E-state index is -1.60. The number of fused-ring (bicyclic) bond motifs is 7. The van der Waals surface area contributed by atoms with Crippen LogP contribution in [0, 0.1) is 56.7 Å². The minimum Gasteiger partial charge on any atom is -0.481 e. The van der Waals surface area contributed by atoms with Crippen molar-refractivity contribution in [3.05, 3.63) is 12.2 Å². The highest BCUT2D eigenvalue weighted by molar-refractivity contribution is 5.76. The van der Waals surface area contributed by atoms with E-state index in [1.54, 1.807) is 0 Å². The second kappa shape index (κ2) is 7.12. The summed E-state index contributed by atoms with van der Waals surface area (Å²) >= 11 is 0. The smallest absolute Gasteiger partial charge is 0.309 e. The number of carboxylic acids is 1. The van der Waals surface area contributed by atoms with E-state index in [9.17, 15) is 20.1 Å². The second-order valence-electron chi connectivity index (χ2n) is 14.7. The predicted molar refractivity (Wildman–Crippen MR) is 134 cm³/mol. The van der Waals surface area contributed by atoms with Gasteiger partial charge in [0.2, 0.25) is 0 Å². The second-order valence-corrected chi connectivity index (χ2v) is 14.7. The van der Waals surface area contributed by atoms with E-state index in [-0.39, 0.29) is 22.2 Å². The number of aliphatic hydroxyl groups is 2. The summed E-state index contributed by atoms with van der Waals surface area (Å²) in [5.74, 6) is -0.385. The molecule has 0 aromatic heterocycles. The van der Waals surface area contributed by atoms with E-state index in [4.69, 9.17) is 0 Å². The third-order valence-corrected chi connectivity index (χ3v) is 13.7. The van der Waals surface area contributed by atoms with Crippen LogP contribution in [-0.4, -0.2) is 27.1 Å². The van der Waals surface area contributed by atoms with Gasteiger partial charge in [-0.05, 0) is 111 Å². The molecule has 5 rings (SSSR count). The van der Waals surface area contributed by atoms with Gasteiger partial charge in [0.15, 0.2) is 5.79 Å². The quantitative estimate of drug-likeness (QED) is 0.320. The Kier molecular flexibility index (Phi) is 5.20. The molecule has 0 spiro atoms. The Bertz CT molecular complexity index is 905. The molecular weight excluding hydrogens is 424 g/mol. The van der Waals surface area contributed by atoms with Gasteiger partial charge in [-0.1, -0.05) is 46.8 Å². The summed E-state index contributed by atoms with van der Waals surface area (Å²) in [5.41, 5.74) is 0.428. The van der Waals surface area contributed by atoms with E-state index in [1.807, 2.05) is 0 Å². The molecule has 5 saturated carbocycles. The fourth-order valence-electron chi connectivity index (χ4n) is 11.5. The van der Waals surface area contributed by atoms with Crippen molar-refractivity contribution in [1.29, 1.82) is 0 Å². The Morgan fingerprint density at radius 1 is 0.794 bits per heavy atom. The van der Waals surface area contributed by atoms with Gasteiger partial charge in [-0.2, -0.15) is 0 Å². The van der Waals surface area contributed by atoms with Gasteiger partial charge < -0.3 is 15.3 Å². The molecule has 34 heavy (non-hydrogen) atoms. The fourth-order valence-corrected chi connectivity index (χ4v) is 11.5. The molecule has 3 N–H and O–H groups in total. The molecule has 0 aliphatic heterocycles. The maximum atomic E-state index is 12.8. The number of hydrogen-bond donors (Lipinski definition) is 3. The minimum absolute atomic E-state index is 0.0875. The first-order valence-corrected chi connectivity index (χ1v) is 13.9. The van der Waals surface area contributed by atoms with E-state index >= 15 is 0 Å². The Balaban J connectivity index is 1.57. The zero-order valence-electron chi connectivity index (χ0n) is 22.4. The zero-order valence-corrected chi connectivity index (χ0v) is 22.4. The van der Waals surface area contributed by atoms with Crippen molar-refractivity contribution in [2.75, 3.05) is 0 Å². The topological polar surface area (TPSA) is 77.8 Å².